The molecular weight excluding hydrogens is 452 g/mol. The lowest BCUT2D eigenvalue weighted by Crippen LogP contribution is -2.23. The van der Waals surface area contributed by atoms with Crippen LogP contribution in [0, 0.1) is 6.92 Å². The number of benzene rings is 2. The summed E-state index contributed by atoms with van der Waals surface area (Å²) in [5.41, 5.74) is 4.91. The number of pyridine rings is 1. The zero-order chi connectivity index (χ0) is 24.1. The number of imidazole rings is 1. The normalized spacial score (nSPS) is 11.5. The van der Waals surface area contributed by atoms with Crippen LogP contribution in [0.3, 0.4) is 0 Å². The van der Waals surface area contributed by atoms with Gasteiger partial charge in [0, 0.05) is 24.5 Å². The van der Waals surface area contributed by atoms with Gasteiger partial charge in [0.1, 0.15) is 18.0 Å². The highest BCUT2D eigenvalue weighted by Gasteiger charge is 2.10. The SMILES string of the molecule is CNS(=O)(=O)Cc1ccc(CNC(=O)c2ccc(OCc3cn4cccc(C)c4n3)cc2)cc1. The van der Waals surface area contributed by atoms with Crippen molar-refractivity contribution in [2.45, 2.75) is 25.8 Å². The molecule has 0 spiro atoms. The maximum Gasteiger partial charge on any atom is 0.251 e. The zero-order valence-corrected chi connectivity index (χ0v) is 19.8. The van der Waals surface area contributed by atoms with Crippen LogP contribution < -0.4 is 14.8 Å². The van der Waals surface area contributed by atoms with Gasteiger partial charge in [-0.05, 0) is 61.0 Å². The Morgan fingerprint density at radius 3 is 2.41 bits per heavy atom. The molecule has 2 N–H and O–H groups in total. The molecule has 0 aliphatic rings. The fourth-order valence-corrected chi connectivity index (χ4v) is 4.24. The lowest BCUT2D eigenvalue weighted by atomic mass is 10.1. The average molecular weight is 479 g/mol. The molecule has 4 aromatic rings. The molecule has 34 heavy (non-hydrogen) atoms. The maximum atomic E-state index is 12.5. The van der Waals surface area contributed by atoms with Gasteiger partial charge in [-0.1, -0.05) is 30.3 Å². The molecule has 0 saturated heterocycles. The number of sulfonamides is 1. The third kappa shape index (κ3) is 5.81. The molecule has 2 heterocycles. The number of hydrogen-bond donors (Lipinski definition) is 2. The molecule has 9 heteroatoms. The van der Waals surface area contributed by atoms with E-state index >= 15 is 0 Å². The summed E-state index contributed by atoms with van der Waals surface area (Å²) in [6, 6.07) is 18.0. The summed E-state index contributed by atoms with van der Waals surface area (Å²) >= 11 is 0. The van der Waals surface area contributed by atoms with Crippen LogP contribution in [0.5, 0.6) is 5.75 Å². The summed E-state index contributed by atoms with van der Waals surface area (Å²) < 4.78 is 33.4. The Kier molecular flexibility index (Phi) is 6.95. The topological polar surface area (TPSA) is 102 Å². The van der Waals surface area contributed by atoms with E-state index in [9.17, 15) is 13.2 Å². The van der Waals surface area contributed by atoms with Crippen LogP contribution in [0.25, 0.3) is 5.65 Å². The molecule has 0 atom stereocenters. The molecule has 1 amide bonds. The highest BCUT2D eigenvalue weighted by atomic mass is 32.2. The third-order valence-electron chi connectivity index (χ3n) is 5.37. The molecule has 0 aliphatic carbocycles. The number of rotatable bonds is 9. The van der Waals surface area contributed by atoms with Gasteiger partial charge in [-0.15, -0.1) is 0 Å². The van der Waals surface area contributed by atoms with Gasteiger partial charge < -0.3 is 14.5 Å². The first kappa shape index (κ1) is 23.5. The summed E-state index contributed by atoms with van der Waals surface area (Å²) in [6.07, 6.45) is 3.89. The van der Waals surface area contributed by atoms with Gasteiger partial charge >= 0.3 is 0 Å². The van der Waals surface area contributed by atoms with E-state index in [4.69, 9.17) is 4.74 Å². The quantitative estimate of drug-likeness (QED) is 0.385. The van der Waals surface area contributed by atoms with Gasteiger partial charge in [0.25, 0.3) is 5.91 Å². The van der Waals surface area contributed by atoms with Crippen LogP contribution in [0.2, 0.25) is 0 Å². The molecule has 4 rings (SSSR count). The number of aryl methyl sites for hydroxylation is 1. The molecule has 176 valence electrons. The number of fused-ring (bicyclic) bond motifs is 1. The minimum atomic E-state index is -3.31. The average Bonchev–Trinajstić information content (AvgIpc) is 3.27. The summed E-state index contributed by atoms with van der Waals surface area (Å²) in [7, 11) is -1.92. The smallest absolute Gasteiger partial charge is 0.251 e. The number of nitrogens with zero attached hydrogens (tertiary/aromatic N) is 2. The first-order valence-corrected chi connectivity index (χ1v) is 12.4. The van der Waals surface area contributed by atoms with Gasteiger partial charge in [-0.2, -0.15) is 0 Å². The molecular formula is C25H26N4O4S. The fraction of sp³-hybridized carbons (Fsp3) is 0.200. The van der Waals surface area contributed by atoms with Gasteiger partial charge in [-0.3, -0.25) is 4.79 Å². The first-order chi connectivity index (χ1) is 16.3. The van der Waals surface area contributed by atoms with Crippen LogP contribution >= 0.6 is 0 Å². The number of carbonyl (C=O) groups excluding carboxylic acids is 1. The second-order valence-corrected chi connectivity index (χ2v) is 9.86. The minimum absolute atomic E-state index is 0.0820. The van der Waals surface area contributed by atoms with Crippen molar-refractivity contribution >= 4 is 21.6 Å². The Labute approximate surface area is 198 Å². The Morgan fingerprint density at radius 1 is 1.03 bits per heavy atom. The van der Waals surface area contributed by atoms with Crippen molar-refractivity contribution in [1.29, 1.82) is 0 Å². The van der Waals surface area contributed by atoms with E-state index in [0.29, 0.717) is 30.0 Å². The lowest BCUT2D eigenvalue weighted by Gasteiger charge is -2.08. The molecule has 0 aliphatic heterocycles. The van der Waals surface area contributed by atoms with Crippen LogP contribution in [0.1, 0.15) is 32.7 Å². The Hall–Kier alpha value is -3.69. The second kappa shape index (κ2) is 10.1. The lowest BCUT2D eigenvalue weighted by molar-refractivity contribution is 0.0951. The minimum Gasteiger partial charge on any atom is -0.487 e. The van der Waals surface area contributed by atoms with Crippen molar-refractivity contribution in [2.75, 3.05) is 7.05 Å². The largest absolute Gasteiger partial charge is 0.487 e. The predicted octanol–water partition coefficient (Wildman–Crippen LogP) is 3.20. The van der Waals surface area contributed by atoms with Crippen LogP contribution in [-0.4, -0.2) is 30.8 Å². The molecule has 0 radical (unpaired) electrons. The molecule has 2 aromatic carbocycles. The number of hydrogen-bond acceptors (Lipinski definition) is 5. The Morgan fingerprint density at radius 2 is 1.74 bits per heavy atom. The number of ether oxygens (including phenoxy) is 1. The molecule has 0 saturated carbocycles. The van der Waals surface area contributed by atoms with E-state index in [-0.39, 0.29) is 11.7 Å². The van der Waals surface area contributed by atoms with Crippen molar-refractivity contribution in [3.8, 4) is 5.75 Å². The van der Waals surface area contributed by atoms with Gasteiger partial charge in [-0.25, -0.2) is 18.1 Å². The molecule has 2 aromatic heterocycles. The van der Waals surface area contributed by atoms with E-state index in [1.54, 1.807) is 48.5 Å². The van der Waals surface area contributed by atoms with Crippen molar-refractivity contribution in [2.24, 2.45) is 0 Å². The van der Waals surface area contributed by atoms with Crippen molar-refractivity contribution in [3.05, 3.63) is 101 Å². The Balaban J connectivity index is 1.29. The van der Waals surface area contributed by atoms with Gasteiger partial charge in [0.05, 0.1) is 11.4 Å². The second-order valence-electron chi connectivity index (χ2n) is 7.93. The van der Waals surface area contributed by atoms with Crippen LogP contribution in [0.15, 0.2) is 73.1 Å². The van der Waals surface area contributed by atoms with Crippen molar-refractivity contribution in [1.82, 2.24) is 19.4 Å². The van der Waals surface area contributed by atoms with Crippen LogP contribution in [-0.2, 0) is 28.9 Å². The fourth-order valence-electron chi connectivity index (χ4n) is 3.46. The maximum absolute atomic E-state index is 12.5. The third-order valence-corrected chi connectivity index (χ3v) is 6.71. The van der Waals surface area contributed by atoms with E-state index < -0.39 is 10.0 Å². The number of nitrogens with one attached hydrogen (secondary N) is 2. The highest BCUT2D eigenvalue weighted by molar-refractivity contribution is 7.88. The summed E-state index contributed by atoms with van der Waals surface area (Å²) in [4.78, 5) is 17.1. The number of aromatic nitrogens is 2. The molecule has 0 unspecified atom stereocenters. The zero-order valence-electron chi connectivity index (χ0n) is 19.0. The Bertz CT molecular complexity index is 1400. The summed E-state index contributed by atoms with van der Waals surface area (Å²) in [6.45, 7) is 2.69. The van der Waals surface area contributed by atoms with Gasteiger partial charge in [0.2, 0.25) is 10.0 Å². The van der Waals surface area contributed by atoms with E-state index in [2.05, 4.69) is 15.0 Å². The van der Waals surface area contributed by atoms with Crippen molar-refractivity contribution in [3.63, 3.8) is 0 Å². The molecule has 8 nitrogen and oxygen atoms in total. The van der Waals surface area contributed by atoms with Gasteiger partial charge in [0.15, 0.2) is 0 Å². The number of carbonyl (C=O) groups is 1. The monoisotopic (exact) mass is 478 g/mol. The van der Waals surface area contributed by atoms with E-state index in [0.717, 1.165) is 22.5 Å². The summed E-state index contributed by atoms with van der Waals surface area (Å²) in [5, 5.41) is 2.87. The van der Waals surface area contributed by atoms with E-state index in [1.807, 2.05) is 35.9 Å². The predicted molar refractivity (Wildman–Crippen MR) is 130 cm³/mol. The standard InChI is InChI=1S/C25H26N4O4S/c1-18-4-3-13-29-15-22(28-24(18)29)16-33-23-11-9-21(10-12-23)25(30)27-14-19-5-7-20(8-6-19)17-34(31,32)26-2/h3-13,15,26H,14,16-17H2,1-2H3,(H,27,30). The van der Waals surface area contributed by atoms with Crippen molar-refractivity contribution < 1.29 is 17.9 Å². The molecule has 0 fully saturated rings. The molecule has 0 bridgehead atoms. The summed E-state index contributed by atoms with van der Waals surface area (Å²) in [5.74, 6) is 0.364. The van der Waals surface area contributed by atoms with E-state index in [1.165, 1.54) is 7.05 Å². The first-order valence-electron chi connectivity index (χ1n) is 10.8. The number of amides is 1. The highest BCUT2D eigenvalue weighted by Crippen LogP contribution is 2.16. The van der Waals surface area contributed by atoms with Crippen LogP contribution in [0.4, 0.5) is 0 Å².